The van der Waals surface area contributed by atoms with Crippen molar-refractivity contribution in [3.63, 3.8) is 0 Å². The topological polar surface area (TPSA) is 44.7 Å². The monoisotopic (exact) mass is 391 g/mol. The molecule has 0 aliphatic carbocycles. The molecule has 3 aromatic rings. The smallest absolute Gasteiger partial charge is 0.255 e. The molecule has 0 saturated carbocycles. The van der Waals surface area contributed by atoms with Crippen molar-refractivity contribution >= 4 is 40.4 Å². The highest BCUT2D eigenvalue weighted by atomic mass is 32.2. The van der Waals surface area contributed by atoms with Crippen LogP contribution in [0.3, 0.4) is 0 Å². The third-order valence-electron chi connectivity index (χ3n) is 4.84. The van der Waals surface area contributed by atoms with Crippen LogP contribution in [0.2, 0.25) is 0 Å². The molecule has 4 nitrogen and oxygen atoms in total. The second-order valence-corrected chi connectivity index (χ2v) is 8.55. The maximum Gasteiger partial charge on any atom is 0.255 e. The molecule has 0 bridgehead atoms. The van der Waals surface area contributed by atoms with Crippen molar-refractivity contribution in [2.75, 3.05) is 11.2 Å². The lowest BCUT2D eigenvalue weighted by atomic mass is 10.1. The molecule has 1 amide bonds. The maximum atomic E-state index is 12.9. The van der Waals surface area contributed by atoms with Crippen LogP contribution in [0.4, 0.5) is 5.69 Å². The van der Waals surface area contributed by atoms with E-state index in [2.05, 4.69) is 22.9 Å². The number of amides is 1. The van der Waals surface area contributed by atoms with Gasteiger partial charge in [-0.15, -0.1) is 23.1 Å². The molecule has 0 radical (unpaired) electrons. The number of anilines is 1. The SMILES string of the molecule is O=C1c2ccccc2C2SC/C(=N/Nc3ccccc3)c3ccsc3CN12. The predicted octanol–water partition coefficient (Wildman–Crippen LogP) is 4.97. The molecule has 2 aliphatic rings. The van der Waals surface area contributed by atoms with Crippen LogP contribution in [-0.2, 0) is 6.54 Å². The molecule has 0 saturated heterocycles. The molecule has 134 valence electrons. The number of rotatable bonds is 2. The first-order valence-electron chi connectivity index (χ1n) is 8.77. The fourth-order valence-electron chi connectivity index (χ4n) is 3.52. The van der Waals surface area contributed by atoms with E-state index in [1.54, 1.807) is 23.1 Å². The zero-order valence-electron chi connectivity index (χ0n) is 14.5. The quantitative estimate of drug-likeness (QED) is 0.628. The highest BCUT2D eigenvalue weighted by Gasteiger charge is 2.38. The second-order valence-electron chi connectivity index (χ2n) is 6.48. The Morgan fingerprint density at radius 2 is 1.81 bits per heavy atom. The Morgan fingerprint density at radius 3 is 2.70 bits per heavy atom. The number of benzene rings is 2. The number of para-hydroxylation sites is 1. The van der Waals surface area contributed by atoms with E-state index in [0.29, 0.717) is 6.54 Å². The number of thiophene rings is 1. The first-order valence-corrected chi connectivity index (χ1v) is 10.7. The van der Waals surface area contributed by atoms with Gasteiger partial charge in [-0.05, 0) is 35.2 Å². The van der Waals surface area contributed by atoms with Gasteiger partial charge in [-0.3, -0.25) is 10.2 Å². The minimum atomic E-state index is 0.0471. The van der Waals surface area contributed by atoms with Crippen LogP contribution < -0.4 is 5.43 Å². The number of hydrogen-bond acceptors (Lipinski definition) is 5. The highest BCUT2D eigenvalue weighted by Crippen LogP contribution is 2.44. The highest BCUT2D eigenvalue weighted by molar-refractivity contribution is 8.00. The molecule has 0 fully saturated rings. The summed E-state index contributed by atoms with van der Waals surface area (Å²) in [6.07, 6.45) is 0. The van der Waals surface area contributed by atoms with Crippen molar-refractivity contribution in [3.05, 3.63) is 87.6 Å². The Morgan fingerprint density at radius 1 is 1.00 bits per heavy atom. The van der Waals surface area contributed by atoms with E-state index < -0.39 is 0 Å². The summed E-state index contributed by atoms with van der Waals surface area (Å²) in [7, 11) is 0. The lowest BCUT2D eigenvalue weighted by Crippen LogP contribution is -2.29. The number of hydrogen-bond donors (Lipinski definition) is 1. The molecule has 2 aromatic carbocycles. The van der Waals surface area contributed by atoms with Crippen molar-refractivity contribution in [3.8, 4) is 0 Å². The van der Waals surface area contributed by atoms with Gasteiger partial charge in [0.1, 0.15) is 5.37 Å². The van der Waals surface area contributed by atoms with Gasteiger partial charge in [0.05, 0.1) is 17.9 Å². The first kappa shape index (κ1) is 16.6. The molecule has 1 aromatic heterocycles. The lowest BCUT2D eigenvalue weighted by molar-refractivity contribution is 0.0763. The Balaban J connectivity index is 1.50. The second kappa shape index (κ2) is 6.87. The summed E-state index contributed by atoms with van der Waals surface area (Å²) in [5, 5.41) is 6.84. The first-order chi connectivity index (χ1) is 13.3. The van der Waals surface area contributed by atoms with Crippen molar-refractivity contribution in [2.24, 2.45) is 5.10 Å². The molecule has 27 heavy (non-hydrogen) atoms. The van der Waals surface area contributed by atoms with Crippen LogP contribution >= 0.6 is 23.1 Å². The van der Waals surface area contributed by atoms with E-state index in [-0.39, 0.29) is 11.3 Å². The van der Waals surface area contributed by atoms with Crippen molar-refractivity contribution in [2.45, 2.75) is 11.9 Å². The van der Waals surface area contributed by atoms with E-state index >= 15 is 0 Å². The van der Waals surface area contributed by atoms with E-state index in [0.717, 1.165) is 33.8 Å². The molecule has 1 unspecified atom stereocenters. The van der Waals surface area contributed by atoms with Crippen LogP contribution in [0.25, 0.3) is 0 Å². The van der Waals surface area contributed by atoms with Gasteiger partial charge in [-0.2, -0.15) is 5.10 Å². The average molecular weight is 392 g/mol. The maximum absolute atomic E-state index is 12.9. The van der Waals surface area contributed by atoms with E-state index in [9.17, 15) is 4.79 Å². The van der Waals surface area contributed by atoms with E-state index in [4.69, 9.17) is 5.10 Å². The summed E-state index contributed by atoms with van der Waals surface area (Å²) in [5.74, 6) is 0.872. The standard InChI is InChI=1S/C21H17N3OS2/c25-20-15-8-4-5-9-16(15)21-24(20)12-19-17(10-11-26-19)18(13-27-21)23-22-14-6-2-1-3-7-14/h1-11,21-22H,12-13H2/b23-18-. The number of fused-ring (bicyclic) bond motifs is 4. The number of thioether (sulfide) groups is 1. The average Bonchev–Trinajstić information content (AvgIpc) is 3.25. The number of hydrazone groups is 1. The fraction of sp³-hybridized carbons (Fsp3) is 0.143. The van der Waals surface area contributed by atoms with E-state index in [1.807, 2.05) is 53.4 Å². The normalized spacial score (nSPS) is 19.9. The fourth-order valence-corrected chi connectivity index (χ4v) is 5.68. The Labute approximate surface area is 165 Å². The third-order valence-corrected chi connectivity index (χ3v) is 7.01. The Bertz CT molecular complexity index is 1030. The molecule has 0 spiro atoms. The minimum Gasteiger partial charge on any atom is -0.317 e. The number of nitrogens with zero attached hydrogens (tertiary/aromatic N) is 2. The summed E-state index contributed by atoms with van der Waals surface area (Å²) in [6.45, 7) is 0.628. The molecule has 2 aliphatic heterocycles. The number of carbonyl (C=O) groups is 1. The van der Waals surface area contributed by atoms with Gasteiger partial charge in [0.2, 0.25) is 0 Å². The molecule has 6 heteroatoms. The molecular formula is C21H17N3OS2. The van der Waals surface area contributed by atoms with Crippen LogP contribution in [0.15, 0.2) is 71.1 Å². The van der Waals surface area contributed by atoms with Gasteiger partial charge in [0.25, 0.3) is 5.91 Å². The molecule has 3 heterocycles. The largest absolute Gasteiger partial charge is 0.317 e. The van der Waals surface area contributed by atoms with Gasteiger partial charge in [0, 0.05) is 21.8 Å². The summed E-state index contributed by atoms with van der Waals surface area (Å²) in [5.41, 5.74) is 8.25. The van der Waals surface area contributed by atoms with Crippen LogP contribution in [-0.4, -0.2) is 22.3 Å². The molecule has 1 atom stereocenters. The third kappa shape index (κ3) is 2.95. The number of nitrogens with one attached hydrogen (secondary N) is 1. The summed E-state index contributed by atoms with van der Waals surface area (Å²) >= 11 is 3.45. The summed E-state index contributed by atoms with van der Waals surface area (Å²) in [6, 6.07) is 20.0. The van der Waals surface area contributed by atoms with Gasteiger partial charge < -0.3 is 4.90 Å². The summed E-state index contributed by atoms with van der Waals surface area (Å²) in [4.78, 5) is 16.1. The molecule has 1 N–H and O–H groups in total. The van der Waals surface area contributed by atoms with Crippen molar-refractivity contribution < 1.29 is 4.79 Å². The summed E-state index contributed by atoms with van der Waals surface area (Å²) < 4.78 is 0. The predicted molar refractivity (Wildman–Crippen MR) is 112 cm³/mol. The minimum absolute atomic E-state index is 0.0471. The van der Waals surface area contributed by atoms with Gasteiger partial charge in [-0.1, -0.05) is 36.4 Å². The van der Waals surface area contributed by atoms with Gasteiger partial charge in [0.15, 0.2) is 0 Å². The van der Waals surface area contributed by atoms with Crippen LogP contribution in [0.1, 0.15) is 31.7 Å². The zero-order valence-corrected chi connectivity index (χ0v) is 16.1. The molecular weight excluding hydrogens is 374 g/mol. The van der Waals surface area contributed by atoms with Gasteiger partial charge >= 0.3 is 0 Å². The lowest BCUT2D eigenvalue weighted by Gasteiger charge is -2.27. The van der Waals surface area contributed by atoms with Gasteiger partial charge in [-0.25, -0.2) is 0 Å². The Kier molecular flexibility index (Phi) is 4.22. The van der Waals surface area contributed by atoms with Crippen molar-refractivity contribution in [1.29, 1.82) is 0 Å². The van der Waals surface area contributed by atoms with Crippen LogP contribution in [0.5, 0.6) is 0 Å². The van der Waals surface area contributed by atoms with Crippen LogP contribution in [0, 0.1) is 0 Å². The zero-order chi connectivity index (χ0) is 18.2. The van der Waals surface area contributed by atoms with Crippen molar-refractivity contribution in [1.82, 2.24) is 4.90 Å². The van der Waals surface area contributed by atoms with E-state index in [1.165, 1.54) is 4.88 Å². The molecule has 5 rings (SSSR count). The Hall–Kier alpha value is -2.57. The number of carbonyl (C=O) groups excluding carboxylic acids is 1.